The molecule has 1 aliphatic heterocycles. The van der Waals surface area contributed by atoms with Crippen LogP contribution in [0.1, 0.15) is 49.3 Å². The van der Waals surface area contributed by atoms with Crippen LogP contribution in [0, 0.1) is 18.3 Å². The third-order valence-electron chi connectivity index (χ3n) is 5.83. The van der Waals surface area contributed by atoms with Crippen LogP contribution < -0.4 is 5.32 Å². The third-order valence-corrected chi connectivity index (χ3v) is 7.73. The molecule has 0 aliphatic carbocycles. The van der Waals surface area contributed by atoms with Crippen LogP contribution in [0.2, 0.25) is 0 Å². The van der Waals surface area contributed by atoms with Gasteiger partial charge >= 0.3 is 0 Å². The molecule has 2 aromatic rings. The number of amides is 1. The summed E-state index contributed by atoms with van der Waals surface area (Å²) in [7, 11) is -3.57. The zero-order chi connectivity index (χ0) is 23.8. The number of aryl methyl sites for hydroxylation is 1. The van der Waals surface area contributed by atoms with Gasteiger partial charge in [0.1, 0.15) is 0 Å². The van der Waals surface area contributed by atoms with Crippen molar-refractivity contribution >= 4 is 21.6 Å². The van der Waals surface area contributed by atoms with Crippen molar-refractivity contribution in [3.05, 3.63) is 59.2 Å². The van der Waals surface area contributed by atoms with E-state index in [-0.39, 0.29) is 17.3 Å². The van der Waals surface area contributed by atoms with Crippen molar-refractivity contribution in [1.29, 1.82) is 5.26 Å². The number of sulfonamides is 1. The molecule has 3 rings (SSSR count). The van der Waals surface area contributed by atoms with Crippen LogP contribution in [0.15, 0.2) is 47.4 Å². The van der Waals surface area contributed by atoms with E-state index in [1.165, 1.54) is 4.31 Å². The first-order chi connectivity index (χ1) is 15.8. The summed E-state index contributed by atoms with van der Waals surface area (Å²) < 4.78 is 27.6. The number of nitrogens with one attached hydrogen (secondary N) is 1. The van der Waals surface area contributed by atoms with Crippen LogP contribution in [0.3, 0.4) is 0 Å². The molecule has 1 heterocycles. The Balaban J connectivity index is 1.70. The van der Waals surface area contributed by atoms with Gasteiger partial charge in [-0.3, -0.25) is 9.69 Å². The molecule has 8 heteroatoms. The summed E-state index contributed by atoms with van der Waals surface area (Å²) in [6.45, 7) is 6.52. The zero-order valence-corrected chi connectivity index (χ0v) is 20.2. The molecule has 0 radical (unpaired) electrons. The summed E-state index contributed by atoms with van der Waals surface area (Å²) in [4.78, 5) is 15.1. The Morgan fingerprint density at radius 3 is 2.45 bits per heavy atom. The maximum absolute atomic E-state index is 13.0. The van der Waals surface area contributed by atoms with E-state index in [1.54, 1.807) is 30.3 Å². The summed E-state index contributed by atoms with van der Waals surface area (Å²) in [5.74, 6) is -0.187. The molecular formula is C25H32N4O3S. The molecule has 1 N–H and O–H groups in total. The number of nitriles is 1. The molecule has 0 saturated carbocycles. The maximum atomic E-state index is 13.0. The fourth-order valence-corrected chi connectivity index (χ4v) is 5.56. The van der Waals surface area contributed by atoms with E-state index in [2.05, 4.69) is 18.3 Å². The average Bonchev–Trinajstić information content (AvgIpc) is 2.81. The topological polar surface area (TPSA) is 93.5 Å². The Bertz CT molecular complexity index is 1100. The number of benzene rings is 2. The van der Waals surface area contributed by atoms with Crippen molar-refractivity contribution in [2.24, 2.45) is 0 Å². The van der Waals surface area contributed by atoms with Gasteiger partial charge in [-0.15, -0.1) is 0 Å². The molecule has 0 bridgehead atoms. The van der Waals surface area contributed by atoms with Gasteiger partial charge in [0.15, 0.2) is 0 Å². The van der Waals surface area contributed by atoms with E-state index in [9.17, 15) is 13.2 Å². The molecule has 2 aromatic carbocycles. The van der Waals surface area contributed by atoms with Gasteiger partial charge in [0.05, 0.1) is 23.1 Å². The fourth-order valence-electron chi connectivity index (χ4n) is 4.02. The van der Waals surface area contributed by atoms with Crippen molar-refractivity contribution in [2.75, 3.05) is 31.5 Å². The SMILES string of the molecule is CCCN(CC(=O)Nc1cc(S(=O)(=O)N2CCCCC2)ccc1C)Cc1ccc(C#N)cc1. The van der Waals surface area contributed by atoms with Gasteiger partial charge in [-0.1, -0.05) is 31.5 Å². The fraction of sp³-hybridized carbons (Fsp3) is 0.440. The number of carbonyl (C=O) groups is 1. The van der Waals surface area contributed by atoms with E-state index in [0.29, 0.717) is 30.9 Å². The Hall–Kier alpha value is -2.73. The molecule has 0 spiro atoms. The molecule has 0 atom stereocenters. The first kappa shape index (κ1) is 24.9. The normalized spacial score (nSPS) is 14.7. The van der Waals surface area contributed by atoms with E-state index < -0.39 is 10.0 Å². The van der Waals surface area contributed by atoms with Crippen LogP contribution in [0.5, 0.6) is 0 Å². The monoisotopic (exact) mass is 468 g/mol. The largest absolute Gasteiger partial charge is 0.325 e. The van der Waals surface area contributed by atoms with E-state index >= 15 is 0 Å². The molecule has 0 unspecified atom stereocenters. The van der Waals surface area contributed by atoms with Gasteiger partial charge in [0.2, 0.25) is 15.9 Å². The smallest absolute Gasteiger partial charge is 0.243 e. The van der Waals surface area contributed by atoms with Crippen molar-refractivity contribution in [3.63, 3.8) is 0 Å². The van der Waals surface area contributed by atoms with Crippen LogP contribution in [-0.4, -0.2) is 49.7 Å². The predicted octanol–water partition coefficient (Wildman–Crippen LogP) is 3.89. The zero-order valence-electron chi connectivity index (χ0n) is 19.4. The number of rotatable bonds is 9. The minimum Gasteiger partial charge on any atom is -0.325 e. The molecule has 1 amide bonds. The molecule has 0 aromatic heterocycles. The molecule has 176 valence electrons. The van der Waals surface area contributed by atoms with Gasteiger partial charge in [0, 0.05) is 25.3 Å². The minimum absolute atomic E-state index is 0.187. The standard InChI is InChI=1S/C25H32N4O3S/c1-3-13-28(18-22-10-8-21(17-26)9-11-22)19-25(30)27-24-16-23(12-7-20(24)2)33(31,32)29-14-5-4-6-15-29/h7-12,16H,3-6,13-15,18-19H2,1-2H3,(H,27,30). The molecule has 7 nitrogen and oxygen atoms in total. The molecule has 1 fully saturated rings. The third kappa shape index (κ3) is 6.64. The van der Waals surface area contributed by atoms with Gasteiger partial charge in [0.25, 0.3) is 0 Å². The maximum Gasteiger partial charge on any atom is 0.243 e. The lowest BCUT2D eigenvalue weighted by Gasteiger charge is -2.26. The van der Waals surface area contributed by atoms with Gasteiger partial charge in [-0.05, 0) is 68.1 Å². The predicted molar refractivity (Wildman–Crippen MR) is 129 cm³/mol. The molecule has 1 saturated heterocycles. The van der Waals surface area contributed by atoms with Crippen LogP contribution in [-0.2, 0) is 21.4 Å². The highest BCUT2D eigenvalue weighted by atomic mass is 32.2. The van der Waals surface area contributed by atoms with E-state index in [0.717, 1.165) is 43.4 Å². The summed E-state index contributed by atoms with van der Waals surface area (Å²) >= 11 is 0. The van der Waals surface area contributed by atoms with E-state index in [4.69, 9.17) is 5.26 Å². The van der Waals surface area contributed by atoms with Crippen molar-refractivity contribution < 1.29 is 13.2 Å². The second kappa shape index (κ2) is 11.4. The van der Waals surface area contributed by atoms with Gasteiger partial charge < -0.3 is 5.32 Å². The highest BCUT2D eigenvalue weighted by Crippen LogP contribution is 2.25. The minimum atomic E-state index is -3.57. The molecule has 33 heavy (non-hydrogen) atoms. The van der Waals surface area contributed by atoms with Crippen LogP contribution >= 0.6 is 0 Å². The van der Waals surface area contributed by atoms with Gasteiger partial charge in [-0.25, -0.2) is 8.42 Å². The number of hydrogen-bond acceptors (Lipinski definition) is 5. The molecule has 1 aliphatic rings. The summed E-state index contributed by atoms with van der Waals surface area (Å²) in [5, 5.41) is 11.9. The summed E-state index contributed by atoms with van der Waals surface area (Å²) in [5.41, 5.74) is 2.97. The highest BCUT2D eigenvalue weighted by molar-refractivity contribution is 7.89. The van der Waals surface area contributed by atoms with Crippen molar-refractivity contribution in [2.45, 2.75) is 51.0 Å². The number of anilines is 1. The lowest BCUT2D eigenvalue weighted by molar-refractivity contribution is -0.117. The lowest BCUT2D eigenvalue weighted by Crippen LogP contribution is -2.35. The Morgan fingerprint density at radius 2 is 1.82 bits per heavy atom. The highest BCUT2D eigenvalue weighted by Gasteiger charge is 2.26. The summed E-state index contributed by atoms with van der Waals surface area (Å²) in [6.07, 6.45) is 3.70. The number of hydrogen-bond donors (Lipinski definition) is 1. The number of piperidine rings is 1. The second-order valence-electron chi connectivity index (χ2n) is 8.51. The Labute approximate surface area is 197 Å². The quantitative estimate of drug-likeness (QED) is 0.603. The van der Waals surface area contributed by atoms with Crippen LogP contribution in [0.25, 0.3) is 0 Å². The average molecular weight is 469 g/mol. The first-order valence-electron chi connectivity index (χ1n) is 11.5. The Kier molecular flexibility index (Phi) is 8.61. The van der Waals surface area contributed by atoms with Crippen LogP contribution in [0.4, 0.5) is 5.69 Å². The lowest BCUT2D eigenvalue weighted by atomic mass is 10.1. The first-order valence-corrected chi connectivity index (χ1v) is 12.9. The Morgan fingerprint density at radius 1 is 1.12 bits per heavy atom. The number of nitrogens with zero attached hydrogens (tertiary/aromatic N) is 3. The van der Waals surface area contributed by atoms with Crippen molar-refractivity contribution in [1.82, 2.24) is 9.21 Å². The van der Waals surface area contributed by atoms with Crippen molar-refractivity contribution in [3.8, 4) is 6.07 Å². The van der Waals surface area contributed by atoms with E-state index in [1.807, 2.05) is 24.0 Å². The number of carbonyl (C=O) groups excluding carboxylic acids is 1. The molecular weight excluding hydrogens is 436 g/mol. The summed E-state index contributed by atoms with van der Waals surface area (Å²) in [6, 6.07) is 14.4. The van der Waals surface area contributed by atoms with Gasteiger partial charge in [-0.2, -0.15) is 9.57 Å². The second-order valence-corrected chi connectivity index (χ2v) is 10.4.